The standard InChI is InChI=1S/C20H20N2O5S/c1-13-11-18(24)21-14-5-2-3-6-15(14)22(13)19(25)12-27-20(26)9-8-16(23)17-7-4-10-28-17/h2-7,10,13H,8-9,11-12H2,1H3,(H,21,24)/t13-/m0/s1. The number of para-hydroxylation sites is 2. The molecule has 1 aliphatic rings. The number of hydrogen-bond acceptors (Lipinski definition) is 6. The average Bonchev–Trinajstić information content (AvgIpc) is 3.16. The van der Waals surface area contributed by atoms with E-state index >= 15 is 0 Å². The molecule has 2 heterocycles. The SMILES string of the molecule is C[C@H]1CC(=O)Nc2ccccc2N1C(=O)COC(=O)CCC(=O)c1cccs1. The van der Waals surface area contributed by atoms with Gasteiger partial charge in [0.05, 0.1) is 22.7 Å². The van der Waals surface area contributed by atoms with Crippen LogP contribution in [0.3, 0.4) is 0 Å². The minimum absolute atomic E-state index is 0.0366. The van der Waals surface area contributed by atoms with E-state index in [1.807, 2.05) is 0 Å². The summed E-state index contributed by atoms with van der Waals surface area (Å²) in [4.78, 5) is 50.6. The van der Waals surface area contributed by atoms with E-state index in [0.717, 1.165) is 0 Å². The molecule has 0 radical (unpaired) electrons. The molecule has 28 heavy (non-hydrogen) atoms. The van der Waals surface area contributed by atoms with E-state index in [4.69, 9.17) is 4.74 Å². The Balaban J connectivity index is 1.58. The van der Waals surface area contributed by atoms with Gasteiger partial charge in [0.1, 0.15) is 0 Å². The largest absolute Gasteiger partial charge is 0.456 e. The molecule has 1 aliphatic heterocycles. The van der Waals surface area contributed by atoms with Crippen LogP contribution in [0.4, 0.5) is 11.4 Å². The number of rotatable bonds is 6. The molecule has 0 aliphatic carbocycles. The molecule has 0 spiro atoms. The lowest BCUT2D eigenvalue weighted by molar-refractivity contribution is -0.147. The van der Waals surface area contributed by atoms with E-state index in [9.17, 15) is 19.2 Å². The van der Waals surface area contributed by atoms with E-state index < -0.39 is 18.5 Å². The van der Waals surface area contributed by atoms with Gasteiger partial charge in [-0.3, -0.25) is 19.2 Å². The Kier molecular flexibility index (Phi) is 6.20. The van der Waals surface area contributed by atoms with Crippen LogP contribution in [0, 0.1) is 0 Å². The topological polar surface area (TPSA) is 92.8 Å². The number of hydrogen-bond donors (Lipinski definition) is 1. The molecule has 8 heteroatoms. The summed E-state index contributed by atoms with van der Waals surface area (Å²) in [6.07, 6.45) is 0.0921. The fourth-order valence-corrected chi connectivity index (χ4v) is 3.72. The Hall–Kier alpha value is -3.00. The Morgan fingerprint density at radius 2 is 1.96 bits per heavy atom. The van der Waals surface area contributed by atoms with Gasteiger partial charge in [0.2, 0.25) is 5.91 Å². The highest BCUT2D eigenvalue weighted by molar-refractivity contribution is 7.12. The van der Waals surface area contributed by atoms with Crippen LogP contribution < -0.4 is 10.2 Å². The molecular weight excluding hydrogens is 380 g/mol. The molecule has 1 aromatic carbocycles. The van der Waals surface area contributed by atoms with Crippen molar-refractivity contribution < 1.29 is 23.9 Å². The fraction of sp³-hybridized carbons (Fsp3) is 0.300. The number of carbonyl (C=O) groups is 4. The van der Waals surface area contributed by atoms with Crippen LogP contribution in [0.5, 0.6) is 0 Å². The maximum absolute atomic E-state index is 12.7. The van der Waals surface area contributed by atoms with Gasteiger partial charge in [-0.1, -0.05) is 18.2 Å². The number of esters is 1. The second kappa shape index (κ2) is 8.79. The third-order valence-electron chi connectivity index (χ3n) is 4.34. The Bertz CT molecular complexity index is 894. The summed E-state index contributed by atoms with van der Waals surface area (Å²) in [5, 5.41) is 4.57. The highest BCUT2D eigenvalue weighted by Crippen LogP contribution is 2.31. The summed E-state index contributed by atoms with van der Waals surface area (Å²) in [5.41, 5.74) is 1.10. The normalized spacial score (nSPS) is 16.0. The molecular formula is C20H20N2O5S. The van der Waals surface area contributed by atoms with Crippen LogP contribution in [0.2, 0.25) is 0 Å². The Morgan fingerprint density at radius 3 is 2.71 bits per heavy atom. The molecule has 146 valence electrons. The summed E-state index contributed by atoms with van der Waals surface area (Å²) in [6, 6.07) is 10.1. The van der Waals surface area contributed by atoms with Gasteiger partial charge in [0, 0.05) is 18.9 Å². The Morgan fingerprint density at radius 1 is 1.18 bits per heavy atom. The molecule has 0 saturated heterocycles. The van der Waals surface area contributed by atoms with E-state index in [-0.39, 0.29) is 37.0 Å². The van der Waals surface area contributed by atoms with Crippen molar-refractivity contribution in [3.63, 3.8) is 0 Å². The highest BCUT2D eigenvalue weighted by Gasteiger charge is 2.30. The van der Waals surface area contributed by atoms with Crippen molar-refractivity contribution in [1.29, 1.82) is 0 Å². The number of thiophene rings is 1. The first-order valence-corrected chi connectivity index (χ1v) is 9.77. The van der Waals surface area contributed by atoms with E-state index in [2.05, 4.69) is 5.32 Å². The number of nitrogens with one attached hydrogen (secondary N) is 1. The molecule has 1 atom stereocenters. The summed E-state index contributed by atoms with van der Waals surface area (Å²) < 4.78 is 5.07. The predicted molar refractivity (Wildman–Crippen MR) is 105 cm³/mol. The number of fused-ring (bicyclic) bond motifs is 1. The quantitative estimate of drug-likeness (QED) is 0.594. The lowest BCUT2D eigenvalue weighted by Gasteiger charge is -2.27. The lowest BCUT2D eigenvalue weighted by Crippen LogP contribution is -2.41. The van der Waals surface area contributed by atoms with E-state index in [1.54, 1.807) is 48.7 Å². The number of nitrogens with zero attached hydrogens (tertiary/aromatic N) is 1. The van der Waals surface area contributed by atoms with Crippen molar-refractivity contribution in [3.8, 4) is 0 Å². The molecule has 2 amide bonds. The summed E-state index contributed by atoms with van der Waals surface area (Å²) >= 11 is 1.32. The van der Waals surface area contributed by atoms with Gasteiger partial charge < -0.3 is 15.0 Å². The van der Waals surface area contributed by atoms with Crippen molar-refractivity contribution in [2.75, 3.05) is 16.8 Å². The molecule has 7 nitrogen and oxygen atoms in total. The first-order valence-electron chi connectivity index (χ1n) is 8.89. The highest BCUT2D eigenvalue weighted by atomic mass is 32.1. The molecule has 0 bridgehead atoms. The maximum atomic E-state index is 12.7. The van der Waals surface area contributed by atoms with Crippen LogP contribution in [0.1, 0.15) is 35.9 Å². The van der Waals surface area contributed by atoms with Gasteiger partial charge in [-0.15, -0.1) is 11.3 Å². The van der Waals surface area contributed by atoms with Gasteiger partial charge in [0.25, 0.3) is 5.91 Å². The minimum atomic E-state index is -0.608. The zero-order valence-corrected chi connectivity index (χ0v) is 16.2. The van der Waals surface area contributed by atoms with E-state index in [0.29, 0.717) is 16.3 Å². The maximum Gasteiger partial charge on any atom is 0.306 e. The number of anilines is 2. The molecule has 0 unspecified atom stereocenters. The number of ether oxygens (including phenoxy) is 1. The van der Waals surface area contributed by atoms with Crippen LogP contribution in [-0.2, 0) is 19.1 Å². The van der Waals surface area contributed by atoms with Crippen molar-refractivity contribution in [1.82, 2.24) is 0 Å². The monoisotopic (exact) mass is 400 g/mol. The van der Waals surface area contributed by atoms with Crippen molar-refractivity contribution in [3.05, 3.63) is 46.7 Å². The molecule has 1 aromatic heterocycles. The van der Waals surface area contributed by atoms with Gasteiger partial charge in [-0.05, 0) is 30.5 Å². The summed E-state index contributed by atoms with van der Waals surface area (Å²) in [6.45, 7) is 1.32. The van der Waals surface area contributed by atoms with Gasteiger partial charge in [0.15, 0.2) is 12.4 Å². The smallest absolute Gasteiger partial charge is 0.306 e. The third-order valence-corrected chi connectivity index (χ3v) is 5.25. The third kappa shape index (κ3) is 4.64. The van der Waals surface area contributed by atoms with Crippen molar-refractivity contribution in [2.24, 2.45) is 0 Å². The zero-order chi connectivity index (χ0) is 20.1. The average molecular weight is 400 g/mol. The van der Waals surface area contributed by atoms with E-state index in [1.165, 1.54) is 16.2 Å². The molecule has 2 aromatic rings. The summed E-state index contributed by atoms with van der Waals surface area (Å²) in [7, 11) is 0. The van der Waals surface area contributed by atoms with Gasteiger partial charge in [-0.25, -0.2) is 0 Å². The Labute approximate surface area is 166 Å². The van der Waals surface area contributed by atoms with Crippen LogP contribution in [0.25, 0.3) is 0 Å². The van der Waals surface area contributed by atoms with Crippen molar-refractivity contribution in [2.45, 2.75) is 32.2 Å². The van der Waals surface area contributed by atoms with Crippen LogP contribution >= 0.6 is 11.3 Å². The zero-order valence-electron chi connectivity index (χ0n) is 15.3. The molecule has 3 rings (SSSR count). The van der Waals surface area contributed by atoms with Crippen LogP contribution in [-0.4, -0.2) is 36.2 Å². The van der Waals surface area contributed by atoms with Gasteiger partial charge >= 0.3 is 5.97 Å². The number of ketones is 1. The minimum Gasteiger partial charge on any atom is -0.456 e. The predicted octanol–water partition coefficient (Wildman–Crippen LogP) is 3.02. The van der Waals surface area contributed by atoms with Crippen molar-refractivity contribution >= 4 is 46.3 Å². The second-order valence-corrected chi connectivity index (χ2v) is 7.39. The van der Waals surface area contributed by atoms with Crippen LogP contribution in [0.15, 0.2) is 41.8 Å². The molecule has 0 fully saturated rings. The number of amides is 2. The number of carbonyl (C=O) groups excluding carboxylic acids is 4. The summed E-state index contributed by atoms with van der Waals surface area (Å²) in [5.74, 6) is -1.34. The molecule has 0 saturated carbocycles. The second-order valence-electron chi connectivity index (χ2n) is 6.44. The first kappa shape index (κ1) is 19.8. The first-order chi connectivity index (χ1) is 13.5. The number of benzene rings is 1. The molecule has 1 N–H and O–H groups in total. The van der Waals surface area contributed by atoms with Gasteiger partial charge in [-0.2, -0.15) is 0 Å². The fourth-order valence-electron chi connectivity index (χ4n) is 3.03. The number of Topliss-reactive ketones (excluding diaryl/α,β-unsaturated/α-hetero) is 1. The lowest BCUT2D eigenvalue weighted by atomic mass is 10.1.